The second-order valence-corrected chi connectivity index (χ2v) is 5.98. The van der Waals surface area contributed by atoms with Crippen molar-refractivity contribution in [2.75, 3.05) is 6.54 Å². The van der Waals surface area contributed by atoms with Crippen molar-refractivity contribution >= 4 is 16.8 Å². The van der Waals surface area contributed by atoms with Gasteiger partial charge < -0.3 is 10.3 Å². The smallest absolute Gasteiger partial charge is 0.220 e. The Labute approximate surface area is 136 Å². The molecule has 23 heavy (non-hydrogen) atoms. The highest BCUT2D eigenvalue weighted by Crippen LogP contribution is 2.19. The predicted octanol–water partition coefficient (Wildman–Crippen LogP) is 4.02. The number of aryl methyl sites for hydroxylation is 1. The van der Waals surface area contributed by atoms with E-state index in [9.17, 15) is 4.79 Å². The molecule has 1 unspecified atom stereocenters. The van der Waals surface area contributed by atoms with Crippen LogP contribution in [0, 0.1) is 0 Å². The lowest BCUT2D eigenvalue weighted by molar-refractivity contribution is -0.121. The third-order valence-corrected chi connectivity index (χ3v) is 4.27. The fraction of sp³-hybridized carbons (Fsp3) is 0.250. The fourth-order valence-corrected chi connectivity index (χ4v) is 2.84. The van der Waals surface area contributed by atoms with Gasteiger partial charge in [-0.2, -0.15) is 0 Å². The number of benzene rings is 2. The Morgan fingerprint density at radius 3 is 2.65 bits per heavy atom. The van der Waals surface area contributed by atoms with Crippen LogP contribution in [-0.4, -0.2) is 17.4 Å². The minimum atomic E-state index is 0.109. The molecule has 0 spiro atoms. The molecule has 1 atom stereocenters. The highest BCUT2D eigenvalue weighted by molar-refractivity contribution is 5.84. The highest BCUT2D eigenvalue weighted by Gasteiger charge is 2.09. The summed E-state index contributed by atoms with van der Waals surface area (Å²) in [7, 11) is 0. The molecular formula is C20H22N2O. The number of para-hydroxylation sites is 1. The molecule has 0 fully saturated rings. The third kappa shape index (κ3) is 3.81. The van der Waals surface area contributed by atoms with Crippen molar-refractivity contribution in [1.29, 1.82) is 0 Å². The molecule has 0 saturated carbocycles. The van der Waals surface area contributed by atoms with Crippen LogP contribution in [0.25, 0.3) is 10.9 Å². The fourth-order valence-electron chi connectivity index (χ4n) is 2.84. The Morgan fingerprint density at radius 1 is 1.09 bits per heavy atom. The molecule has 2 aromatic carbocycles. The maximum absolute atomic E-state index is 12.1. The second kappa shape index (κ2) is 7.14. The van der Waals surface area contributed by atoms with Gasteiger partial charge in [0.25, 0.3) is 0 Å². The van der Waals surface area contributed by atoms with E-state index in [0.717, 1.165) is 11.9 Å². The highest BCUT2D eigenvalue weighted by atomic mass is 16.1. The second-order valence-electron chi connectivity index (χ2n) is 5.98. The Bertz CT molecular complexity index is 776. The molecule has 3 rings (SSSR count). The molecule has 1 amide bonds. The van der Waals surface area contributed by atoms with Gasteiger partial charge >= 0.3 is 0 Å². The molecule has 3 nitrogen and oxygen atoms in total. The van der Waals surface area contributed by atoms with E-state index in [0.29, 0.717) is 18.9 Å². The van der Waals surface area contributed by atoms with E-state index in [1.54, 1.807) is 0 Å². The number of hydrogen-bond acceptors (Lipinski definition) is 1. The first-order chi connectivity index (χ1) is 11.2. The number of amides is 1. The molecule has 0 aliphatic carbocycles. The van der Waals surface area contributed by atoms with Gasteiger partial charge in [0.2, 0.25) is 5.91 Å². The number of H-pyrrole nitrogens is 1. The van der Waals surface area contributed by atoms with E-state index in [2.05, 4.69) is 41.5 Å². The minimum absolute atomic E-state index is 0.109. The zero-order chi connectivity index (χ0) is 16.1. The van der Waals surface area contributed by atoms with Gasteiger partial charge in [0.1, 0.15) is 0 Å². The molecule has 3 aromatic rings. The van der Waals surface area contributed by atoms with E-state index < -0.39 is 0 Å². The first-order valence-electron chi connectivity index (χ1n) is 8.10. The number of nitrogens with one attached hydrogen (secondary N) is 2. The van der Waals surface area contributed by atoms with Gasteiger partial charge in [-0.1, -0.05) is 55.5 Å². The summed E-state index contributed by atoms with van der Waals surface area (Å²) in [6.45, 7) is 2.81. The van der Waals surface area contributed by atoms with Crippen LogP contribution < -0.4 is 5.32 Å². The summed E-state index contributed by atoms with van der Waals surface area (Å²) in [5.41, 5.74) is 3.58. The van der Waals surface area contributed by atoms with E-state index in [4.69, 9.17) is 0 Å². The molecule has 1 heterocycles. The molecule has 3 heteroatoms. The Balaban J connectivity index is 1.50. The number of aromatic amines is 1. The average molecular weight is 306 g/mol. The molecule has 0 aliphatic heterocycles. The van der Waals surface area contributed by atoms with Crippen molar-refractivity contribution in [2.24, 2.45) is 0 Å². The minimum Gasteiger partial charge on any atom is -0.361 e. The van der Waals surface area contributed by atoms with Crippen molar-refractivity contribution in [1.82, 2.24) is 10.3 Å². The largest absolute Gasteiger partial charge is 0.361 e. The van der Waals surface area contributed by atoms with Crippen LogP contribution in [0.4, 0.5) is 0 Å². The van der Waals surface area contributed by atoms with Crippen molar-refractivity contribution < 1.29 is 4.79 Å². The zero-order valence-electron chi connectivity index (χ0n) is 13.4. The number of aromatic nitrogens is 1. The summed E-state index contributed by atoms with van der Waals surface area (Å²) in [4.78, 5) is 15.3. The molecule has 0 saturated heterocycles. The van der Waals surface area contributed by atoms with Crippen LogP contribution >= 0.6 is 0 Å². The third-order valence-electron chi connectivity index (χ3n) is 4.27. The number of carbonyl (C=O) groups excluding carboxylic acids is 1. The van der Waals surface area contributed by atoms with E-state index >= 15 is 0 Å². The first-order valence-corrected chi connectivity index (χ1v) is 8.10. The van der Waals surface area contributed by atoms with Crippen LogP contribution in [0.3, 0.4) is 0 Å². The Hall–Kier alpha value is -2.55. The molecule has 2 N–H and O–H groups in total. The Kier molecular flexibility index (Phi) is 4.77. The van der Waals surface area contributed by atoms with Gasteiger partial charge in [-0.3, -0.25) is 4.79 Å². The van der Waals surface area contributed by atoms with Gasteiger partial charge in [-0.05, 0) is 29.5 Å². The predicted molar refractivity (Wildman–Crippen MR) is 94.5 cm³/mol. The maximum Gasteiger partial charge on any atom is 0.220 e. The summed E-state index contributed by atoms with van der Waals surface area (Å²) in [6.07, 6.45) is 3.28. The number of hydrogen-bond donors (Lipinski definition) is 2. The summed E-state index contributed by atoms with van der Waals surface area (Å²) >= 11 is 0. The van der Waals surface area contributed by atoms with Gasteiger partial charge in [0.05, 0.1) is 0 Å². The lowest BCUT2D eigenvalue weighted by Crippen LogP contribution is -2.27. The van der Waals surface area contributed by atoms with Crippen LogP contribution in [0.15, 0.2) is 60.8 Å². The quantitative estimate of drug-likeness (QED) is 0.710. The number of carbonyl (C=O) groups is 1. The van der Waals surface area contributed by atoms with Crippen molar-refractivity contribution in [3.8, 4) is 0 Å². The molecule has 0 bridgehead atoms. The van der Waals surface area contributed by atoms with Crippen molar-refractivity contribution in [3.05, 3.63) is 71.9 Å². The van der Waals surface area contributed by atoms with Crippen LogP contribution in [0.1, 0.15) is 30.4 Å². The SMILES string of the molecule is CC(CNC(=O)CCc1c[nH]c2ccccc12)c1ccccc1. The number of rotatable bonds is 6. The van der Waals surface area contributed by atoms with E-state index in [1.165, 1.54) is 16.5 Å². The standard InChI is InChI=1S/C20H22N2O/c1-15(16-7-3-2-4-8-16)13-22-20(23)12-11-17-14-21-19-10-6-5-9-18(17)19/h2-10,14-15,21H,11-13H2,1H3,(H,22,23). The summed E-state index contributed by atoms with van der Waals surface area (Å²) in [5, 5.41) is 4.25. The van der Waals surface area contributed by atoms with Gasteiger partial charge in [0, 0.05) is 30.1 Å². The van der Waals surface area contributed by atoms with Gasteiger partial charge in [-0.25, -0.2) is 0 Å². The van der Waals surface area contributed by atoms with Crippen LogP contribution in [0.2, 0.25) is 0 Å². The molecule has 1 aromatic heterocycles. The first kappa shape index (κ1) is 15.3. The lowest BCUT2D eigenvalue weighted by atomic mass is 10.0. The maximum atomic E-state index is 12.1. The lowest BCUT2D eigenvalue weighted by Gasteiger charge is -2.13. The molecule has 0 radical (unpaired) electrons. The van der Waals surface area contributed by atoms with Crippen LogP contribution in [0.5, 0.6) is 0 Å². The average Bonchev–Trinajstić information content (AvgIpc) is 3.02. The van der Waals surface area contributed by atoms with E-state index in [-0.39, 0.29) is 5.91 Å². The molecule has 118 valence electrons. The summed E-state index contributed by atoms with van der Waals surface area (Å²) in [6, 6.07) is 18.5. The topological polar surface area (TPSA) is 44.9 Å². The van der Waals surface area contributed by atoms with E-state index in [1.807, 2.05) is 36.5 Å². The normalized spacial score (nSPS) is 12.2. The number of fused-ring (bicyclic) bond motifs is 1. The Morgan fingerprint density at radius 2 is 1.83 bits per heavy atom. The van der Waals surface area contributed by atoms with Crippen molar-refractivity contribution in [2.45, 2.75) is 25.7 Å². The van der Waals surface area contributed by atoms with Gasteiger partial charge in [-0.15, -0.1) is 0 Å². The molecule has 0 aliphatic rings. The summed E-state index contributed by atoms with van der Waals surface area (Å²) < 4.78 is 0. The van der Waals surface area contributed by atoms with Gasteiger partial charge in [0.15, 0.2) is 0 Å². The van der Waals surface area contributed by atoms with Crippen LogP contribution in [-0.2, 0) is 11.2 Å². The monoisotopic (exact) mass is 306 g/mol. The van der Waals surface area contributed by atoms with Crippen molar-refractivity contribution in [3.63, 3.8) is 0 Å². The molecular weight excluding hydrogens is 284 g/mol. The summed E-state index contributed by atoms with van der Waals surface area (Å²) in [5.74, 6) is 0.436. The zero-order valence-corrected chi connectivity index (χ0v) is 13.4.